The minimum atomic E-state index is 0.897. The Morgan fingerprint density at radius 1 is 1.25 bits per heavy atom. The van der Waals surface area contributed by atoms with Crippen molar-refractivity contribution in [1.82, 2.24) is 0 Å². The quantitative estimate of drug-likeness (QED) is 0.604. The molecule has 62 valence electrons. The van der Waals surface area contributed by atoms with Crippen LogP contribution in [0.25, 0.3) is 0 Å². The average Bonchev–Trinajstić information content (AvgIpc) is 2.02. The summed E-state index contributed by atoms with van der Waals surface area (Å²) in [6.45, 7) is 2.28. The fraction of sp³-hybridized carbons (Fsp3) is 0.455. The van der Waals surface area contributed by atoms with E-state index in [0.29, 0.717) is 0 Å². The van der Waals surface area contributed by atoms with Gasteiger partial charge in [0, 0.05) is 0 Å². The number of benzene rings is 1. The van der Waals surface area contributed by atoms with E-state index in [1.54, 1.807) is 10.8 Å². The first-order chi connectivity index (χ1) is 5.92. The summed E-state index contributed by atoms with van der Waals surface area (Å²) in [5.74, 6) is 0.897. The third-order valence-electron chi connectivity index (χ3n) is 2.78. The van der Waals surface area contributed by atoms with Crippen LogP contribution in [0.15, 0.2) is 24.3 Å². The van der Waals surface area contributed by atoms with Crippen LogP contribution in [0.4, 0.5) is 0 Å². The molecule has 0 atom stereocenters. The zero-order chi connectivity index (χ0) is 8.39. The first kappa shape index (κ1) is 8.05. The summed E-state index contributed by atoms with van der Waals surface area (Å²) in [6, 6.07) is 8.94. The third-order valence-corrected chi connectivity index (χ3v) is 3.77. The molecule has 0 bridgehead atoms. The molecule has 0 nitrogen and oxygen atoms in total. The highest BCUT2D eigenvalue weighted by molar-refractivity contribution is 6.52. The molecule has 1 aliphatic rings. The second-order valence-corrected chi connectivity index (χ2v) is 4.50. The van der Waals surface area contributed by atoms with Crippen LogP contribution >= 0.6 is 0 Å². The van der Waals surface area contributed by atoms with E-state index in [4.69, 9.17) is 0 Å². The molecule has 0 unspecified atom stereocenters. The molecule has 12 heavy (non-hydrogen) atoms. The van der Waals surface area contributed by atoms with Crippen LogP contribution in [0.2, 0.25) is 6.55 Å². The largest absolute Gasteiger partial charge is 0.0777 e. The van der Waals surface area contributed by atoms with E-state index in [2.05, 4.69) is 30.8 Å². The van der Waals surface area contributed by atoms with Gasteiger partial charge >= 0.3 is 0 Å². The molecule has 0 amide bonds. The zero-order valence-electron chi connectivity index (χ0n) is 7.51. The molecule has 1 saturated carbocycles. The fourth-order valence-electron chi connectivity index (χ4n) is 1.80. The molecule has 0 spiro atoms. The third kappa shape index (κ3) is 1.33. The van der Waals surface area contributed by atoms with E-state index in [-0.39, 0.29) is 0 Å². The number of hydrogen-bond donors (Lipinski definition) is 0. The van der Waals surface area contributed by atoms with Crippen LogP contribution in [0.5, 0.6) is 0 Å². The van der Waals surface area contributed by atoms with Crippen molar-refractivity contribution < 1.29 is 0 Å². The lowest BCUT2D eigenvalue weighted by Gasteiger charge is -2.27. The van der Waals surface area contributed by atoms with E-state index >= 15 is 0 Å². The normalized spacial score (nSPS) is 17.4. The molecule has 2 radical (unpaired) electrons. The highest BCUT2D eigenvalue weighted by Gasteiger charge is 2.20. The highest BCUT2D eigenvalue weighted by Crippen LogP contribution is 2.35. The lowest BCUT2D eigenvalue weighted by Crippen LogP contribution is -2.22. The van der Waals surface area contributed by atoms with Gasteiger partial charge in [-0.2, -0.15) is 0 Å². The van der Waals surface area contributed by atoms with E-state index in [1.807, 2.05) is 0 Å². The predicted octanol–water partition coefficient (Wildman–Crippen LogP) is 2.33. The van der Waals surface area contributed by atoms with Crippen LogP contribution < -0.4 is 5.19 Å². The average molecular weight is 174 g/mol. The summed E-state index contributed by atoms with van der Waals surface area (Å²) in [4.78, 5) is 0. The lowest BCUT2D eigenvalue weighted by atomic mass is 9.80. The van der Waals surface area contributed by atoms with Gasteiger partial charge in [0.1, 0.15) is 0 Å². The number of hydrogen-bond acceptors (Lipinski definition) is 0. The maximum absolute atomic E-state index is 2.32. The first-order valence-corrected chi connectivity index (χ1v) is 6.18. The van der Waals surface area contributed by atoms with Crippen LogP contribution in [0.1, 0.15) is 30.7 Å². The Balaban J connectivity index is 2.27. The van der Waals surface area contributed by atoms with Crippen LogP contribution in [0.3, 0.4) is 0 Å². The predicted molar refractivity (Wildman–Crippen MR) is 54.3 cm³/mol. The topological polar surface area (TPSA) is 0 Å². The van der Waals surface area contributed by atoms with Gasteiger partial charge in [0.15, 0.2) is 0 Å². The maximum Gasteiger partial charge on any atom is 0.0777 e. The van der Waals surface area contributed by atoms with Gasteiger partial charge in [-0.25, -0.2) is 0 Å². The Kier molecular flexibility index (Phi) is 2.31. The van der Waals surface area contributed by atoms with Crippen molar-refractivity contribution in [2.24, 2.45) is 0 Å². The minimum absolute atomic E-state index is 0.897. The number of rotatable bonds is 2. The summed E-state index contributed by atoms with van der Waals surface area (Å²) in [6.07, 6.45) is 4.27. The molecular formula is C11H14Si. The summed E-state index contributed by atoms with van der Waals surface area (Å²) in [7, 11) is 0.959. The van der Waals surface area contributed by atoms with Gasteiger partial charge in [-0.1, -0.05) is 42.4 Å². The smallest absolute Gasteiger partial charge is 0.0688 e. The Hall–Kier alpha value is -0.563. The van der Waals surface area contributed by atoms with E-state index in [0.717, 1.165) is 15.4 Å². The Morgan fingerprint density at radius 3 is 2.58 bits per heavy atom. The molecule has 0 aliphatic heterocycles. The first-order valence-electron chi connectivity index (χ1n) is 4.68. The van der Waals surface area contributed by atoms with Crippen LogP contribution in [-0.4, -0.2) is 9.52 Å². The molecule has 0 N–H and O–H groups in total. The Morgan fingerprint density at radius 2 is 2.00 bits per heavy atom. The molecule has 1 aliphatic carbocycles. The second kappa shape index (κ2) is 3.44. The van der Waals surface area contributed by atoms with Crippen molar-refractivity contribution in [2.45, 2.75) is 31.7 Å². The molecule has 1 fully saturated rings. The zero-order valence-corrected chi connectivity index (χ0v) is 8.51. The van der Waals surface area contributed by atoms with Crippen molar-refractivity contribution >= 4 is 14.7 Å². The van der Waals surface area contributed by atoms with Gasteiger partial charge in [0.25, 0.3) is 0 Å². The van der Waals surface area contributed by atoms with E-state index in [1.165, 1.54) is 19.3 Å². The summed E-state index contributed by atoms with van der Waals surface area (Å²) < 4.78 is 0. The van der Waals surface area contributed by atoms with Gasteiger partial charge in [-0.15, -0.1) is 0 Å². The minimum Gasteiger partial charge on any atom is -0.0688 e. The van der Waals surface area contributed by atoms with Gasteiger partial charge in [-0.05, 0) is 24.3 Å². The molecule has 0 saturated heterocycles. The molecule has 1 aromatic rings. The standard InChI is InChI=1S/C11H14Si/c1-12-11-8-3-2-7-10(11)9-5-4-6-9/h2-3,7-9H,4-6H2,1H3. The summed E-state index contributed by atoms with van der Waals surface area (Å²) in [5.41, 5.74) is 1.63. The lowest BCUT2D eigenvalue weighted by molar-refractivity contribution is 0.421. The summed E-state index contributed by atoms with van der Waals surface area (Å²) >= 11 is 0. The monoisotopic (exact) mass is 174 g/mol. The molecule has 0 heterocycles. The van der Waals surface area contributed by atoms with Gasteiger partial charge in [0.05, 0.1) is 9.52 Å². The second-order valence-electron chi connectivity index (χ2n) is 3.47. The summed E-state index contributed by atoms with van der Waals surface area (Å²) in [5, 5.41) is 1.59. The molecule has 1 aromatic carbocycles. The molecule has 0 aromatic heterocycles. The van der Waals surface area contributed by atoms with Crippen molar-refractivity contribution in [3.8, 4) is 0 Å². The Labute approximate surface area is 76.8 Å². The van der Waals surface area contributed by atoms with Gasteiger partial charge in [-0.3, -0.25) is 0 Å². The van der Waals surface area contributed by atoms with Crippen LogP contribution in [-0.2, 0) is 0 Å². The van der Waals surface area contributed by atoms with Crippen molar-refractivity contribution in [3.63, 3.8) is 0 Å². The van der Waals surface area contributed by atoms with Crippen molar-refractivity contribution in [3.05, 3.63) is 29.8 Å². The van der Waals surface area contributed by atoms with Gasteiger partial charge < -0.3 is 0 Å². The molecular weight excluding hydrogens is 160 g/mol. The Bertz CT molecular complexity index is 263. The maximum atomic E-state index is 2.32. The van der Waals surface area contributed by atoms with Gasteiger partial charge in [0.2, 0.25) is 0 Å². The van der Waals surface area contributed by atoms with Crippen molar-refractivity contribution in [2.75, 3.05) is 0 Å². The molecule has 1 heteroatoms. The molecule has 2 rings (SSSR count). The van der Waals surface area contributed by atoms with E-state index in [9.17, 15) is 0 Å². The highest BCUT2D eigenvalue weighted by atomic mass is 28.2. The van der Waals surface area contributed by atoms with Crippen LogP contribution in [0, 0.1) is 0 Å². The fourth-order valence-corrected chi connectivity index (χ4v) is 2.64. The van der Waals surface area contributed by atoms with Crippen molar-refractivity contribution in [1.29, 1.82) is 0 Å². The SMILES string of the molecule is C[Si]c1ccccc1C1CCC1. The van der Waals surface area contributed by atoms with E-state index < -0.39 is 0 Å².